The predicted molar refractivity (Wildman–Crippen MR) is 83.9 cm³/mol. The van der Waals surface area contributed by atoms with Crippen molar-refractivity contribution in [3.63, 3.8) is 0 Å². The van der Waals surface area contributed by atoms with Gasteiger partial charge in [0.15, 0.2) is 5.82 Å². The zero-order chi connectivity index (χ0) is 15.5. The first-order valence-electron chi connectivity index (χ1n) is 7.47. The maximum absolute atomic E-state index is 11.3. The lowest BCUT2D eigenvalue weighted by atomic mass is 10.2. The lowest BCUT2D eigenvalue weighted by Crippen LogP contribution is -2.07. The van der Waals surface area contributed by atoms with E-state index < -0.39 is 0 Å². The molecule has 0 aliphatic rings. The summed E-state index contributed by atoms with van der Waals surface area (Å²) in [5.74, 6) is 1.31. The Morgan fingerprint density at radius 3 is 2.95 bits per heavy atom. The number of benzene rings is 1. The van der Waals surface area contributed by atoms with Gasteiger partial charge in [-0.3, -0.25) is 0 Å². The summed E-state index contributed by atoms with van der Waals surface area (Å²) in [4.78, 5) is 21.1. The quantitative estimate of drug-likeness (QED) is 0.650. The second-order valence-electron chi connectivity index (χ2n) is 5.36. The highest BCUT2D eigenvalue weighted by Crippen LogP contribution is 2.20. The van der Waals surface area contributed by atoms with Crippen molar-refractivity contribution >= 4 is 16.7 Å². The van der Waals surface area contributed by atoms with Gasteiger partial charge in [0, 0.05) is 12.1 Å². The van der Waals surface area contributed by atoms with Gasteiger partial charge in [0.25, 0.3) is 0 Å². The Morgan fingerprint density at radius 2 is 2.14 bits per heavy atom. The molecule has 7 nitrogen and oxygen atoms in total. The van der Waals surface area contributed by atoms with Crippen LogP contribution in [0.25, 0.3) is 11.0 Å². The van der Waals surface area contributed by atoms with Crippen molar-refractivity contribution in [1.82, 2.24) is 20.1 Å². The zero-order valence-electron chi connectivity index (χ0n) is 12.6. The standard InChI is InChI=1S/C15H19N5O2/c1-3-4-5-13-19-14(22-20-13)9(2)16-10-6-7-11-12(8-10)18-15(21)17-11/h6-9,16H,3-5H2,1-2H3,(H2,17,18,21)/t9-/m1/s1. The van der Waals surface area contributed by atoms with Crippen molar-refractivity contribution in [1.29, 1.82) is 0 Å². The molecular weight excluding hydrogens is 282 g/mol. The number of unbranched alkanes of at least 4 members (excludes halogenated alkanes) is 1. The first kappa shape index (κ1) is 14.4. The monoisotopic (exact) mass is 301 g/mol. The minimum absolute atomic E-state index is 0.106. The van der Waals surface area contributed by atoms with Gasteiger partial charge in [-0.2, -0.15) is 4.98 Å². The number of hydrogen-bond acceptors (Lipinski definition) is 5. The molecule has 0 aliphatic heterocycles. The van der Waals surface area contributed by atoms with Crippen LogP contribution in [0.3, 0.4) is 0 Å². The summed E-state index contributed by atoms with van der Waals surface area (Å²) in [5.41, 5.74) is 2.21. The number of rotatable bonds is 6. The van der Waals surface area contributed by atoms with E-state index in [1.807, 2.05) is 25.1 Å². The summed E-state index contributed by atoms with van der Waals surface area (Å²) in [6, 6.07) is 5.52. The Labute approximate surface area is 127 Å². The second-order valence-corrected chi connectivity index (χ2v) is 5.36. The number of H-pyrrole nitrogens is 2. The molecule has 3 N–H and O–H groups in total. The van der Waals surface area contributed by atoms with Crippen molar-refractivity contribution in [2.24, 2.45) is 0 Å². The third kappa shape index (κ3) is 3.03. The SMILES string of the molecule is CCCCc1noc([C@@H](C)Nc2ccc3[nH]c(=O)[nH]c3c2)n1. The first-order chi connectivity index (χ1) is 10.7. The average Bonchev–Trinajstić information content (AvgIpc) is 3.10. The number of fused-ring (bicyclic) bond motifs is 1. The van der Waals surface area contributed by atoms with Crippen LogP contribution in [-0.4, -0.2) is 20.1 Å². The zero-order valence-corrected chi connectivity index (χ0v) is 12.6. The number of hydrogen-bond donors (Lipinski definition) is 3. The molecule has 0 spiro atoms. The largest absolute Gasteiger partial charge is 0.374 e. The number of aromatic nitrogens is 4. The summed E-state index contributed by atoms with van der Waals surface area (Å²) in [6.07, 6.45) is 2.99. The van der Waals surface area contributed by atoms with Crippen LogP contribution >= 0.6 is 0 Å². The average molecular weight is 301 g/mol. The molecule has 116 valence electrons. The molecule has 0 aliphatic carbocycles. The summed E-state index contributed by atoms with van der Waals surface area (Å²) in [5, 5.41) is 7.29. The van der Waals surface area contributed by atoms with Gasteiger partial charge in [0.2, 0.25) is 5.89 Å². The van der Waals surface area contributed by atoms with Crippen LogP contribution in [0.1, 0.15) is 44.4 Å². The van der Waals surface area contributed by atoms with E-state index in [9.17, 15) is 4.79 Å². The fourth-order valence-electron chi connectivity index (χ4n) is 2.31. The van der Waals surface area contributed by atoms with E-state index in [1.165, 1.54) is 0 Å². The number of imidazole rings is 1. The lowest BCUT2D eigenvalue weighted by Gasteiger charge is -2.10. The van der Waals surface area contributed by atoms with Gasteiger partial charge in [0.1, 0.15) is 6.04 Å². The molecule has 3 rings (SSSR count). The molecule has 0 fully saturated rings. The van der Waals surface area contributed by atoms with E-state index in [0.717, 1.165) is 41.8 Å². The maximum atomic E-state index is 11.3. The van der Waals surface area contributed by atoms with E-state index in [4.69, 9.17) is 4.52 Å². The first-order valence-corrected chi connectivity index (χ1v) is 7.47. The molecule has 0 radical (unpaired) electrons. The van der Waals surface area contributed by atoms with Gasteiger partial charge in [-0.15, -0.1) is 0 Å². The van der Waals surface area contributed by atoms with Crippen LogP contribution in [0.15, 0.2) is 27.5 Å². The van der Waals surface area contributed by atoms with E-state index in [2.05, 4.69) is 32.3 Å². The molecule has 1 atom stereocenters. The van der Waals surface area contributed by atoms with Gasteiger partial charge in [-0.25, -0.2) is 4.79 Å². The number of nitrogens with zero attached hydrogens (tertiary/aromatic N) is 2. The molecule has 0 unspecified atom stereocenters. The Morgan fingerprint density at radius 1 is 1.32 bits per heavy atom. The van der Waals surface area contributed by atoms with Crippen LogP contribution in [0.4, 0.5) is 5.69 Å². The molecule has 0 saturated carbocycles. The second kappa shape index (κ2) is 6.05. The van der Waals surface area contributed by atoms with Crippen LogP contribution < -0.4 is 11.0 Å². The Bertz CT molecular complexity index is 817. The van der Waals surface area contributed by atoms with Crippen LogP contribution in [-0.2, 0) is 6.42 Å². The lowest BCUT2D eigenvalue weighted by molar-refractivity contribution is 0.362. The number of aryl methyl sites for hydroxylation is 1. The molecule has 0 amide bonds. The number of nitrogens with one attached hydrogen (secondary N) is 3. The molecule has 0 saturated heterocycles. The molecule has 3 aromatic rings. The molecule has 2 aromatic heterocycles. The van der Waals surface area contributed by atoms with Crippen LogP contribution in [0.5, 0.6) is 0 Å². The molecular formula is C15H19N5O2. The fraction of sp³-hybridized carbons (Fsp3) is 0.400. The van der Waals surface area contributed by atoms with Crippen molar-refractivity contribution in [2.75, 3.05) is 5.32 Å². The van der Waals surface area contributed by atoms with Crippen molar-refractivity contribution in [3.8, 4) is 0 Å². The van der Waals surface area contributed by atoms with Gasteiger partial charge in [0.05, 0.1) is 11.0 Å². The normalized spacial score (nSPS) is 12.6. The van der Waals surface area contributed by atoms with Gasteiger partial charge < -0.3 is 19.8 Å². The molecule has 0 bridgehead atoms. The summed E-state index contributed by atoms with van der Waals surface area (Å²) < 4.78 is 5.30. The smallest absolute Gasteiger partial charge is 0.323 e. The molecule has 1 aromatic carbocycles. The number of anilines is 1. The fourth-order valence-corrected chi connectivity index (χ4v) is 2.31. The van der Waals surface area contributed by atoms with Crippen molar-refractivity contribution < 1.29 is 4.52 Å². The maximum Gasteiger partial charge on any atom is 0.323 e. The van der Waals surface area contributed by atoms with Gasteiger partial charge in [-0.05, 0) is 31.5 Å². The highest BCUT2D eigenvalue weighted by molar-refractivity contribution is 5.78. The predicted octanol–water partition coefficient (Wildman–Crippen LogP) is 2.75. The topological polar surface area (TPSA) is 99.6 Å². The van der Waals surface area contributed by atoms with Gasteiger partial charge >= 0.3 is 5.69 Å². The van der Waals surface area contributed by atoms with E-state index in [1.54, 1.807) is 0 Å². The third-order valence-corrected chi connectivity index (χ3v) is 3.51. The molecule has 22 heavy (non-hydrogen) atoms. The summed E-state index contributed by atoms with van der Waals surface area (Å²) in [7, 11) is 0. The highest BCUT2D eigenvalue weighted by atomic mass is 16.5. The minimum Gasteiger partial charge on any atom is -0.374 e. The third-order valence-electron chi connectivity index (χ3n) is 3.51. The van der Waals surface area contributed by atoms with Crippen LogP contribution in [0.2, 0.25) is 0 Å². The highest BCUT2D eigenvalue weighted by Gasteiger charge is 2.14. The van der Waals surface area contributed by atoms with E-state index in [-0.39, 0.29) is 11.7 Å². The van der Waals surface area contributed by atoms with E-state index >= 15 is 0 Å². The van der Waals surface area contributed by atoms with E-state index in [0.29, 0.717) is 5.89 Å². The molecule has 2 heterocycles. The van der Waals surface area contributed by atoms with Crippen molar-refractivity contribution in [3.05, 3.63) is 40.4 Å². The molecule has 7 heteroatoms. The van der Waals surface area contributed by atoms with Crippen molar-refractivity contribution in [2.45, 2.75) is 39.2 Å². The number of aromatic amines is 2. The Balaban J connectivity index is 1.72. The van der Waals surface area contributed by atoms with Gasteiger partial charge in [-0.1, -0.05) is 18.5 Å². The Hall–Kier alpha value is -2.57. The van der Waals surface area contributed by atoms with Crippen LogP contribution in [0, 0.1) is 0 Å². The minimum atomic E-state index is -0.210. The summed E-state index contributed by atoms with van der Waals surface area (Å²) in [6.45, 7) is 4.09. The Kier molecular flexibility index (Phi) is 3.95. The summed E-state index contributed by atoms with van der Waals surface area (Å²) >= 11 is 0.